The largest absolute Gasteiger partial charge is 0.379 e. The first kappa shape index (κ1) is 20.0. The summed E-state index contributed by atoms with van der Waals surface area (Å²) in [6.45, 7) is 5.66. The van der Waals surface area contributed by atoms with E-state index < -0.39 is 5.54 Å². The summed E-state index contributed by atoms with van der Waals surface area (Å²) in [5.41, 5.74) is 1.54. The molecule has 0 N–H and O–H groups in total. The summed E-state index contributed by atoms with van der Waals surface area (Å²) in [5, 5.41) is 0. The van der Waals surface area contributed by atoms with E-state index in [0.29, 0.717) is 6.04 Å². The Hall–Kier alpha value is -1.75. The number of hydrogen-bond acceptors (Lipinski definition) is 4. The van der Waals surface area contributed by atoms with Gasteiger partial charge in [0.1, 0.15) is 0 Å². The molecule has 2 unspecified atom stereocenters. The zero-order valence-corrected chi connectivity index (χ0v) is 16.9. The van der Waals surface area contributed by atoms with E-state index in [1.165, 1.54) is 5.56 Å². The lowest BCUT2D eigenvalue weighted by Gasteiger charge is -2.39. The number of benzene rings is 1. The fraction of sp³-hybridized carbons (Fsp3) is 0.522. The smallest absolute Gasteiger partial charge is 0.183 e. The van der Waals surface area contributed by atoms with Gasteiger partial charge >= 0.3 is 0 Å². The number of likely N-dealkylation sites (N-methyl/N-ethyl adjacent to an activating group) is 1. The summed E-state index contributed by atoms with van der Waals surface area (Å²) in [4.78, 5) is 18.1. The molecule has 0 aromatic heterocycles. The second-order valence-electron chi connectivity index (χ2n) is 7.74. The molecule has 4 nitrogen and oxygen atoms in total. The minimum absolute atomic E-state index is 0.232. The van der Waals surface area contributed by atoms with E-state index in [1.54, 1.807) is 0 Å². The van der Waals surface area contributed by atoms with Gasteiger partial charge in [0.05, 0.1) is 18.8 Å². The van der Waals surface area contributed by atoms with Crippen molar-refractivity contribution in [1.82, 2.24) is 9.80 Å². The van der Waals surface area contributed by atoms with E-state index in [1.807, 2.05) is 38.4 Å². The third-order valence-electron chi connectivity index (χ3n) is 6.06. The van der Waals surface area contributed by atoms with E-state index in [-0.39, 0.29) is 5.78 Å². The molecule has 1 aliphatic heterocycles. The average Bonchev–Trinajstić information content (AvgIpc) is 2.73. The highest BCUT2D eigenvalue weighted by Crippen LogP contribution is 2.29. The maximum Gasteiger partial charge on any atom is 0.183 e. The average molecular weight is 369 g/mol. The van der Waals surface area contributed by atoms with E-state index in [2.05, 4.69) is 41.0 Å². The van der Waals surface area contributed by atoms with Crippen molar-refractivity contribution >= 4 is 5.78 Å². The summed E-state index contributed by atoms with van der Waals surface area (Å²) in [7, 11) is 4.04. The Morgan fingerprint density at radius 1 is 1.22 bits per heavy atom. The van der Waals surface area contributed by atoms with E-state index in [4.69, 9.17) is 4.74 Å². The molecule has 1 aromatic rings. The number of hydrogen-bond donors (Lipinski definition) is 0. The Labute approximate surface area is 163 Å². The van der Waals surface area contributed by atoms with Crippen molar-refractivity contribution in [3.05, 3.63) is 59.7 Å². The molecule has 2 aliphatic rings. The van der Waals surface area contributed by atoms with Crippen LogP contribution < -0.4 is 0 Å². The summed E-state index contributed by atoms with van der Waals surface area (Å²) >= 11 is 0. The predicted molar refractivity (Wildman–Crippen MR) is 110 cm³/mol. The van der Waals surface area contributed by atoms with Gasteiger partial charge in [0.15, 0.2) is 5.78 Å². The Kier molecular flexibility index (Phi) is 6.64. The molecular weight excluding hydrogens is 336 g/mol. The first-order chi connectivity index (χ1) is 13.1. The Morgan fingerprint density at radius 3 is 2.48 bits per heavy atom. The number of nitrogens with zero attached hydrogens (tertiary/aromatic N) is 2. The molecule has 0 radical (unpaired) electrons. The van der Waals surface area contributed by atoms with Crippen LogP contribution in [0.4, 0.5) is 0 Å². The fourth-order valence-corrected chi connectivity index (χ4v) is 4.20. The van der Waals surface area contributed by atoms with Crippen LogP contribution in [-0.2, 0) is 16.0 Å². The standard InChI is InChI=1S/C23H32N2O2/c1-4-23(24(2)3,18-19-8-6-5-7-9-19)22(26)20-10-12-21(13-11-20)25-14-16-27-17-15-25/h5-12,21H,4,13-18H2,1-3H3. The van der Waals surface area contributed by atoms with Gasteiger partial charge in [0.25, 0.3) is 0 Å². The molecule has 1 heterocycles. The summed E-state index contributed by atoms with van der Waals surface area (Å²) < 4.78 is 5.45. The second-order valence-corrected chi connectivity index (χ2v) is 7.74. The van der Waals surface area contributed by atoms with Crippen LogP contribution in [0.15, 0.2) is 54.1 Å². The number of carbonyl (C=O) groups is 1. The molecule has 27 heavy (non-hydrogen) atoms. The minimum Gasteiger partial charge on any atom is -0.379 e. The molecule has 0 bridgehead atoms. The van der Waals surface area contributed by atoms with Gasteiger partial charge in [-0.25, -0.2) is 0 Å². The van der Waals surface area contributed by atoms with E-state index in [9.17, 15) is 4.79 Å². The number of allylic oxidation sites excluding steroid dienone is 1. The van der Waals surface area contributed by atoms with Gasteiger partial charge in [-0.2, -0.15) is 0 Å². The van der Waals surface area contributed by atoms with Crippen LogP contribution in [0.3, 0.4) is 0 Å². The van der Waals surface area contributed by atoms with Crippen molar-refractivity contribution in [3.8, 4) is 0 Å². The van der Waals surface area contributed by atoms with Gasteiger partial charge in [-0.05, 0) is 38.9 Å². The van der Waals surface area contributed by atoms with Gasteiger partial charge in [0.2, 0.25) is 0 Å². The monoisotopic (exact) mass is 368 g/mol. The van der Waals surface area contributed by atoms with Crippen LogP contribution in [0.2, 0.25) is 0 Å². The van der Waals surface area contributed by atoms with Crippen LogP contribution in [0.1, 0.15) is 25.3 Å². The zero-order valence-electron chi connectivity index (χ0n) is 16.9. The molecule has 1 saturated heterocycles. The molecule has 1 aromatic carbocycles. The first-order valence-corrected chi connectivity index (χ1v) is 10.0. The summed E-state index contributed by atoms with van der Waals surface area (Å²) in [5.74, 6) is 0.232. The first-order valence-electron chi connectivity index (χ1n) is 10.0. The number of ether oxygens (including phenoxy) is 1. The third kappa shape index (κ3) is 4.40. The maximum atomic E-state index is 13.6. The second kappa shape index (κ2) is 8.96. The maximum absolute atomic E-state index is 13.6. The Bertz CT molecular complexity index is 690. The number of ketones is 1. The number of carbonyl (C=O) groups excluding carboxylic acids is 1. The highest BCUT2D eigenvalue weighted by Gasteiger charge is 2.40. The van der Waals surface area contributed by atoms with Crippen LogP contribution >= 0.6 is 0 Å². The molecule has 0 amide bonds. The van der Waals surface area contributed by atoms with Crippen molar-refractivity contribution < 1.29 is 9.53 Å². The van der Waals surface area contributed by atoms with Crippen LogP contribution in [0.5, 0.6) is 0 Å². The lowest BCUT2D eigenvalue weighted by molar-refractivity contribution is -0.125. The van der Waals surface area contributed by atoms with Crippen molar-refractivity contribution in [2.24, 2.45) is 0 Å². The summed E-state index contributed by atoms with van der Waals surface area (Å²) in [6.07, 6.45) is 8.81. The predicted octanol–water partition coefficient (Wildman–Crippen LogP) is 3.10. The van der Waals surface area contributed by atoms with Gasteiger partial charge in [0, 0.05) is 24.7 Å². The molecule has 2 atom stereocenters. The van der Waals surface area contributed by atoms with Crippen LogP contribution in [0.25, 0.3) is 0 Å². The van der Waals surface area contributed by atoms with E-state index >= 15 is 0 Å². The SMILES string of the molecule is CCC(Cc1ccccc1)(C(=O)C1=CCC(N2CCOCC2)C=C1)N(C)C. The highest BCUT2D eigenvalue weighted by molar-refractivity contribution is 6.05. The van der Waals surface area contributed by atoms with Crippen LogP contribution in [-0.4, -0.2) is 67.6 Å². The van der Waals surface area contributed by atoms with Gasteiger partial charge in [-0.1, -0.05) is 55.5 Å². The van der Waals surface area contributed by atoms with Crippen molar-refractivity contribution in [3.63, 3.8) is 0 Å². The molecule has 4 heteroatoms. The van der Waals surface area contributed by atoms with Crippen molar-refractivity contribution in [2.45, 2.75) is 37.8 Å². The topological polar surface area (TPSA) is 32.8 Å². The number of Topliss-reactive ketones (excluding diaryl/α,β-unsaturated/α-hetero) is 1. The Morgan fingerprint density at radius 2 is 1.93 bits per heavy atom. The quantitative estimate of drug-likeness (QED) is 0.740. The molecule has 0 saturated carbocycles. The van der Waals surface area contributed by atoms with E-state index in [0.717, 1.165) is 51.1 Å². The van der Waals surface area contributed by atoms with Crippen LogP contribution in [0, 0.1) is 0 Å². The minimum atomic E-state index is -0.511. The van der Waals surface area contributed by atoms with Gasteiger partial charge < -0.3 is 4.74 Å². The summed E-state index contributed by atoms with van der Waals surface area (Å²) in [6, 6.07) is 10.7. The molecule has 1 aliphatic carbocycles. The van der Waals surface area contributed by atoms with Crippen molar-refractivity contribution in [1.29, 1.82) is 0 Å². The molecule has 146 valence electrons. The number of morpholine rings is 1. The highest BCUT2D eigenvalue weighted by atomic mass is 16.5. The van der Waals surface area contributed by atoms with Gasteiger partial charge in [-0.3, -0.25) is 14.6 Å². The molecule has 0 spiro atoms. The lowest BCUT2D eigenvalue weighted by Crippen LogP contribution is -2.53. The number of rotatable bonds is 7. The lowest BCUT2D eigenvalue weighted by atomic mass is 9.79. The van der Waals surface area contributed by atoms with Crippen molar-refractivity contribution in [2.75, 3.05) is 40.4 Å². The molecular formula is C23H32N2O2. The zero-order chi connectivity index (χ0) is 19.3. The molecule has 1 fully saturated rings. The van der Waals surface area contributed by atoms with Gasteiger partial charge in [-0.15, -0.1) is 0 Å². The molecule has 3 rings (SSSR count). The Balaban J connectivity index is 1.76. The fourth-order valence-electron chi connectivity index (χ4n) is 4.20. The third-order valence-corrected chi connectivity index (χ3v) is 6.06. The normalized spacial score (nSPS) is 23.1.